The Hall–Kier alpha value is -3.71. The Kier molecular flexibility index (Phi) is 6.53. The summed E-state index contributed by atoms with van der Waals surface area (Å²) in [4.78, 5) is 30.7. The van der Waals surface area contributed by atoms with Crippen molar-refractivity contribution in [2.75, 3.05) is 16.0 Å². The summed E-state index contributed by atoms with van der Waals surface area (Å²) in [6.45, 7) is 0. The fraction of sp³-hybridized carbons (Fsp3) is 0.222. The minimum absolute atomic E-state index is 0.251. The van der Waals surface area contributed by atoms with E-state index in [0.717, 1.165) is 28.7 Å². The Labute approximate surface area is 202 Å². The van der Waals surface area contributed by atoms with E-state index in [2.05, 4.69) is 20.9 Å². The SMILES string of the molecule is O=C(Nc1nc2ccccc2s1)c1ccc(NC2CCCCC2)c(C(=O)Nc2ccccc2)c1. The average molecular weight is 471 g/mol. The molecule has 0 bridgehead atoms. The number of amides is 2. The van der Waals surface area contributed by atoms with Gasteiger partial charge in [-0.05, 0) is 55.3 Å². The molecule has 2 amide bonds. The average Bonchev–Trinajstić information content (AvgIpc) is 3.28. The molecule has 0 saturated heterocycles. The van der Waals surface area contributed by atoms with Crippen molar-refractivity contribution >= 4 is 49.9 Å². The van der Waals surface area contributed by atoms with Crippen LogP contribution < -0.4 is 16.0 Å². The lowest BCUT2D eigenvalue weighted by Gasteiger charge is -2.25. The number of carbonyl (C=O) groups is 2. The van der Waals surface area contributed by atoms with Gasteiger partial charge in [0.25, 0.3) is 11.8 Å². The van der Waals surface area contributed by atoms with Crippen LogP contribution in [0.4, 0.5) is 16.5 Å². The van der Waals surface area contributed by atoms with Crippen LogP contribution in [-0.4, -0.2) is 22.8 Å². The lowest BCUT2D eigenvalue weighted by Crippen LogP contribution is -2.25. The van der Waals surface area contributed by atoms with Gasteiger partial charge in [0, 0.05) is 23.0 Å². The number of hydrogen-bond acceptors (Lipinski definition) is 5. The lowest BCUT2D eigenvalue weighted by atomic mass is 9.94. The minimum atomic E-state index is -0.294. The summed E-state index contributed by atoms with van der Waals surface area (Å²) in [5, 5.41) is 9.91. The summed E-state index contributed by atoms with van der Waals surface area (Å²) < 4.78 is 1.01. The van der Waals surface area contributed by atoms with Crippen LogP contribution in [0.1, 0.15) is 52.8 Å². The molecule has 3 N–H and O–H groups in total. The van der Waals surface area contributed by atoms with Crippen molar-refractivity contribution in [3.05, 3.63) is 83.9 Å². The largest absolute Gasteiger partial charge is 0.382 e. The molecule has 1 aromatic heterocycles. The number of nitrogens with one attached hydrogen (secondary N) is 3. The van der Waals surface area contributed by atoms with Crippen LogP contribution in [0.5, 0.6) is 0 Å². The van der Waals surface area contributed by atoms with Crippen LogP contribution in [0, 0.1) is 0 Å². The first kappa shape index (κ1) is 22.1. The predicted octanol–water partition coefficient (Wildman–Crippen LogP) is 6.55. The Morgan fingerprint density at radius 3 is 2.38 bits per heavy atom. The highest BCUT2D eigenvalue weighted by Crippen LogP contribution is 2.28. The number of hydrogen-bond donors (Lipinski definition) is 3. The van der Waals surface area contributed by atoms with Gasteiger partial charge in [0.05, 0.1) is 15.8 Å². The molecule has 1 aliphatic carbocycles. The Bertz CT molecular complexity index is 1280. The molecular formula is C27H26N4O2S. The highest BCUT2D eigenvalue weighted by Gasteiger charge is 2.20. The highest BCUT2D eigenvalue weighted by molar-refractivity contribution is 7.22. The van der Waals surface area contributed by atoms with Gasteiger partial charge in [0.2, 0.25) is 0 Å². The Balaban J connectivity index is 1.41. The summed E-state index contributed by atoms with van der Waals surface area (Å²) in [6, 6.07) is 22.7. The topological polar surface area (TPSA) is 83.1 Å². The van der Waals surface area contributed by atoms with E-state index in [1.165, 1.54) is 30.6 Å². The Morgan fingerprint density at radius 1 is 0.824 bits per heavy atom. The van der Waals surface area contributed by atoms with E-state index in [0.29, 0.717) is 28.0 Å². The molecule has 1 saturated carbocycles. The van der Waals surface area contributed by atoms with Crippen LogP contribution in [-0.2, 0) is 0 Å². The smallest absolute Gasteiger partial charge is 0.257 e. The van der Waals surface area contributed by atoms with E-state index in [4.69, 9.17) is 0 Å². The lowest BCUT2D eigenvalue weighted by molar-refractivity contribution is 0.102. The molecule has 0 aliphatic heterocycles. The third-order valence-corrected chi connectivity index (χ3v) is 6.99. The maximum Gasteiger partial charge on any atom is 0.257 e. The molecule has 172 valence electrons. The van der Waals surface area contributed by atoms with Gasteiger partial charge in [-0.15, -0.1) is 0 Å². The van der Waals surface area contributed by atoms with E-state index in [-0.39, 0.29) is 11.8 Å². The molecule has 0 unspecified atom stereocenters. The van der Waals surface area contributed by atoms with Gasteiger partial charge >= 0.3 is 0 Å². The van der Waals surface area contributed by atoms with E-state index in [9.17, 15) is 9.59 Å². The number of fused-ring (bicyclic) bond motifs is 1. The Morgan fingerprint density at radius 2 is 1.59 bits per heavy atom. The summed E-state index contributed by atoms with van der Waals surface area (Å²) in [7, 11) is 0. The van der Waals surface area contributed by atoms with E-state index >= 15 is 0 Å². The molecule has 34 heavy (non-hydrogen) atoms. The third kappa shape index (κ3) is 5.10. The van der Waals surface area contributed by atoms with Crippen molar-refractivity contribution in [1.82, 2.24) is 4.98 Å². The summed E-state index contributed by atoms with van der Waals surface area (Å²) in [5.41, 5.74) is 3.16. The molecule has 1 fully saturated rings. The van der Waals surface area contributed by atoms with Gasteiger partial charge in [-0.3, -0.25) is 14.9 Å². The van der Waals surface area contributed by atoms with Crippen molar-refractivity contribution in [3.8, 4) is 0 Å². The predicted molar refractivity (Wildman–Crippen MR) is 139 cm³/mol. The fourth-order valence-corrected chi connectivity index (χ4v) is 5.14. The number of thiazole rings is 1. The minimum Gasteiger partial charge on any atom is -0.382 e. The van der Waals surface area contributed by atoms with Crippen molar-refractivity contribution < 1.29 is 9.59 Å². The maximum atomic E-state index is 13.2. The van der Waals surface area contributed by atoms with E-state index in [1.54, 1.807) is 12.1 Å². The first-order valence-electron chi connectivity index (χ1n) is 11.6. The highest BCUT2D eigenvalue weighted by atomic mass is 32.1. The second kappa shape index (κ2) is 10.1. The molecule has 1 heterocycles. The molecule has 4 aromatic rings. The van der Waals surface area contributed by atoms with Crippen molar-refractivity contribution in [3.63, 3.8) is 0 Å². The quantitative estimate of drug-likeness (QED) is 0.299. The monoisotopic (exact) mass is 470 g/mol. The van der Waals surface area contributed by atoms with E-state index < -0.39 is 0 Å². The number of para-hydroxylation sites is 2. The summed E-state index contributed by atoms with van der Waals surface area (Å²) in [5.74, 6) is -0.545. The van der Waals surface area contributed by atoms with Crippen molar-refractivity contribution in [2.45, 2.75) is 38.1 Å². The van der Waals surface area contributed by atoms with Crippen LogP contribution in [0.25, 0.3) is 10.2 Å². The summed E-state index contributed by atoms with van der Waals surface area (Å²) in [6.07, 6.45) is 5.79. The molecule has 3 aromatic carbocycles. The maximum absolute atomic E-state index is 13.2. The first-order valence-corrected chi connectivity index (χ1v) is 12.4. The number of benzene rings is 3. The van der Waals surface area contributed by atoms with Crippen molar-refractivity contribution in [1.29, 1.82) is 0 Å². The molecule has 1 aliphatic rings. The number of rotatable bonds is 6. The van der Waals surface area contributed by atoms with Gasteiger partial charge in [-0.25, -0.2) is 4.98 Å². The summed E-state index contributed by atoms with van der Waals surface area (Å²) >= 11 is 1.42. The zero-order valence-electron chi connectivity index (χ0n) is 18.7. The molecule has 0 atom stereocenters. The molecule has 0 spiro atoms. The number of anilines is 3. The van der Waals surface area contributed by atoms with Crippen molar-refractivity contribution in [2.24, 2.45) is 0 Å². The molecule has 7 heteroatoms. The number of aromatic nitrogens is 1. The molecule has 0 radical (unpaired) electrons. The van der Waals surface area contributed by atoms with Gasteiger partial charge in [0.15, 0.2) is 5.13 Å². The van der Waals surface area contributed by atoms with Crippen LogP contribution in [0.3, 0.4) is 0 Å². The zero-order valence-corrected chi connectivity index (χ0v) is 19.5. The number of nitrogens with zero attached hydrogens (tertiary/aromatic N) is 1. The zero-order chi connectivity index (χ0) is 23.3. The normalized spacial score (nSPS) is 14.0. The first-order chi connectivity index (χ1) is 16.7. The van der Waals surface area contributed by atoms with Crippen LogP contribution >= 0.6 is 11.3 Å². The van der Waals surface area contributed by atoms with Gasteiger partial charge in [-0.1, -0.05) is 60.9 Å². The van der Waals surface area contributed by atoms with Crippen LogP contribution in [0.15, 0.2) is 72.8 Å². The molecular weight excluding hydrogens is 444 g/mol. The van der Waals surface area contributed by atoms with Crippen LogP contribution in [0.2, 0.25) is 0 Å². The third-order valence-electron chi connectivity index (χ3n) is 6.04. The molecule has 5 rings (SSSR count). The second-order valence-corrected chi connectivity index (χ2v) is 9.53. The number of carbonyl (C=O) groups excluding carboxylic acids is 2. The fourth-order valence-electron chi connectivity index (χ4n) is 4.28. The van der Waals surface area contributed by atoms with Gasteiger partial charge in [-0.2, -0.15) is 0 Å². The molecule has 6 nitrogen and oxygen atoms in total. The van der Waals surface area contributed by atoms with Gasteiger partial charge in [0.1, 0.15) is 0 Å². The van der Waals surface area contributed by atoms with E-state index in [1.807, 2.05) is 60.7 Å². The second-order valence-electron chi connectivity index (χ2n) is 8.50. The standard InChI is InChI=1S/C27H26N4O2S/c32-25(31-27-30-23-13-7-8-14-24(23)34-27)18-15-16-22(28-19-9-3-1-4-10-19)21(17-18)26(33)29-20-11-5-2-6-12-20/h2,5-8,11-17,19,28H,1,3-4,9-10H2,(H,29,33)(H,30,31,32). The van der Waals surface area contributed by atoms with Gasteiger partial charge < -0.3 is 10.6 Å².